The molecule has 8 nitrogen and oxygen atoms in total. The lowest BCUT2D eigenvalue weighted by Crippen LogP contribution is -2.62. The lowest BCUT2D eigenvalue weighted by molar-refractivity contribution is -0.162. The summed E-state index contributed by atoms with van der Waals surface area (Å²) < 4.78 is 12.3. The van der Waals surface area contributed by atoms with E-state index in [-0.39, 0.29) is 31.6 Å². The molecule has 3 aliphatic rings. The minimum atomic E-state index is -1.19. The lowest BCUT2D eigenvalue weighted by atomic mass is 9.66. The fraction of sp³-hybridized carbons (Fsp3) is 0.581. The maximum Gasteiger partial charge on any atom is 0.312 e. The van der Waals surface area contributed by atoms with Gasteiger partial charge in [0.1, 0.15) is 17.6 Å². The molecule has 2 bridgehead atoms. The van der Waals surface area contributed by atoms with Crippen molar-refractivity contribution in [1.29, 1.82) is 0 Å². The molecule has 4 rings (SSSR count). The molecule has 1 aromatic rings. The number of hydrogen-bond acceptors (Lipinski definition) is 6. The fourth-order valence-corrected chi connectivity index (χ4v) is 6.83. The summed E-state index contributed by atoms with van der Waals surface area (Å²) in [4.78, 5) is 45.6. The second-order valence-corrected chi connectivity index (χ2v) is 12.2. The number of hydrogen-bond donors (Lipinski definition) is 1. The van der Waals surface area contributed by atoms with Crippen molar-refractivity contribution in [3.8, 4) is 0 Å². The average molecular weight is 539 g/mol. The normalized spacial score (nSPS) is 30.1. The van der Waals surface area contributed by atoms with E-state index in [1.807, 2.05) is 58.0 Å². The average Bonchev–Trinajstić information content (AvgIpc) is 3.46. The van der Waals surface area contributed by atoms with E-state index in [1.54, 1.807) is 17.1 Å². The van der Waals surface area contributed by atoms with E-state index in [2.05, 4.69) is 13.2 Å². The molecule has 0 saturated carbocycles. The Balaban J connectivity index is 1.81. The van der Waals surface area contributed by atoms with Gasteiger partial charge in [0, 0.05) is 12.1 Å². The van der Waals surface area contributed by atoms with E-state index < -0.39 is 46.6 Å². The third kappa shape index (κ3) is 4.93. The van der Waals surface area contributed by atoms with E-state index in [0.717, 1.165) is 5.56 Å². The number of amides is 2. The number of nitrogens with zero attached hydrogens (tertiary/aromatic N) is 2. The molecule has 3 heterocycles. The first-order chi connectivity index (χ1) is 18.4. The summed E-state index contributed by atoms with van der Waals surface area (Å²) >= 11 is 0. The van der Waals surface area contributed by atoms with Crippen LogP contribution in [-0.4, -0.2) is 81.3 Å². The van der Waals surface area contributed by atoms with Crippen LogP contribution in [0.5, 0.6) is 0 Å². The summed E-state index contributed by atoms with van der Waals surface area (Å²) in [7, 11) is 0. The van der Waals surface area contributed by atoms with Crippen LogP contribution in [0.15, 0.2) is 55.6 Å². The standard InChI is InChI=1S/C31H42N2O6/c1-7-9-18-38-28(37)24-23-26(35)33(22(20-34)19-21-13-11-10-12-14-21)25(31(23)16-15-30(24,6)39-31)27(36)32(17-8-2)29(3,4)5/h7-8,10-14,22-25,34H,1-2,9,15-20H2,3-6H3/t22-,23+,24-,25?,30+,31?/m1/s1. The number of benzene rings is 1. The van der Waals surface area contributed by atoms with E-state index in [4.69, 9.17) is 9.47 Å². The zero-order valence-corrected chi connectivity index (χ0v) is 23.6. The van der Waals surface area contributed by atoms with Crippen molar-refractivity contribution >= 4 is 17.8 Å². The number of aliphatic hydroxyl groups is 1. The van der Waals surface area contributed by atoms with Crippen LogP contribution in [0, 0.1) is 11.8 Å². The highest BCUT2D eigenvalue weighted by molar-refractivity contribution is 5.99. The van der Waals surface area contributed by atoms with Crippen molar-refractivity contribution in [3.63, 3.8) is 0 Å². The van der Waals surface area contributed by atoms with Gasteiger partial charge in [-0.3, -0.25) is 14.4 Å². The third-order valence-electron chi connectivity index (χ3n) is 8.57. The van der Waals surface area contributed by atoms with E-state index in [9.17, 15) is 19.5 Å². The van der Waals surface area contributed by atoms with Crippen LogP contribution in [-0.2, 0) is 30.3 Å². The van der Waals surface area contributed by atoms with Crippen LogP contribution >= 0.6 is 0 Å². The molecular weight excluding hydrogens is 496 g/mol. The van der Waals surface area contributed by atoms with Gasteiger partial charge in [0.25, 0.3) is 0 Å². The highest BCUT2D eigenvalue weighted by atomic mass is 16.6. The molecule has 3 aliphatic heterocycles. The van der Waals surface area contributed by atoms with Crippen molar-refractivity contribution in [2.45, 2.75) is 82.2 Å². The number of esters is 1. The number of carbonyl (C=O) groups excluding carboxylic acids is 3. The van der Waals surface area contributed by atoms with Gasteiger partial charge < -0.3 is 24.4 Å². The van der Waals surface area contributed by atoms with Crippen molar-refractivity contribution in [1.82, 2.24) is 9.80 Å². The number of fused-ring (bicyclic) bond motifs is 1. The monoisotopic (exact) mass is 538 g/mol. The molecule has 0 radical (unpaired) electrons. The van der Waals surface area contributed by atoms with Crippen molar-refractivity contribution in [2.24, 2.45) is 11.8 Å². The van der Waals surface area contributed by atoms with E-state index >= 15 is 0 Å². The summed E-state index contributed by atoms with van der Waals surface area (Å²) in [5, 5.41) is 10.6. The topological polar surface area (TPSA) is 96.4 Å². The molecule has 1 spiro atoms. The molecular formula is C31H42N2O6. The first kappa shape index (κ1) is 29.0. The second kappa shape index (κ2) is 10.9. The Bertz CT molecular complexity index is 1110. The maximum absolute atomic E-state index is 14.5. The molecule has 2 unspecified atom stereocenters. The number of carbonyl (C=O) groups is 3. The van der Waals surface area contributed by atoms with Gasteiger partial charge in [-0.2, -0.15) is 0 Å². The Kier molecular flexibility index (Phi) is 8.11. The predicted octanol–water partition coefficient (Wildman–Crippen LogP) is 3.29. The molecule has 1 N–H and O–H groups in total. The molecule has 3 fully saturated rings. The molecule has 8 heteroatoms. The summed E-state index contributed by atoms with van der Waals surface area (Å²) in [5.74, 6) is -2.83. The number of aliphatic hydroxyl groups excluding tert-OH is 1. The minimum Gasteiger partial charge on any atom is -0.465 e. The summed E-state index contributed by atoms with van der Waals surface area (Å²) in [6, 6.07) is 7.90. The van der Waals surface area contributed by atoms with Crippen molar-refractivity contribution in [2.75, 3.05) is 19.8 Å². The first-order valence-corrected chi connectivity index (χ1v) is 13.8. The van der Waals surface area contributed by atoms with Crippen LogP contribution in [0.2, 0.25) is 0 Å². The van der Waals surface area contributed by atoms with Gasteiger partial charge in [-0.05, 0) is 58.9 Å². The molecule has 6 atom stereocenters. The number of ether oxygens (including phenoxy) is 2. The fourth-order valence-electron chi connectivity index (χ4n) is 6.83. The van der Waals surface area contributed by atoms with Gasteiger partial charge in [-0.15, -0.1) is 13.2 Å². The van der Waals surface area contributed by atoms with Crippen LogP contribution in [0.4, 0.5) is 0 Å². The zero-order chi connectivity index (χ0) is 28.6. The molecule has 3 saturated heterocycles. The van der Waals surface area contributed by atoms with Crippen LogP contribution in [0.1, 0.15) is 52.5 Å². The highest BCUT2D eigenvalue weighted by Crippen LogP contribution is 2.64. The van der Waals surface area contributed by atoms with E-state index in [1.165, 1.54) is 4.90 Å². The highest BCUT2D eigenvalue weighted by Gasteiger charge is 2.79. The minimum absolute atomic E-state index is 0.166. The van der Waals surface area contributed by atoms with Crippen LogP contribution < -0.4 is 0 Å². The third-order valence-corrected chi connectivity index (χ3v) is 8.57. The molecule has 1 aromatic carbocycles. The predicted molar refractivity (Wildman–Crippen MR) is 148 cm³/mol. The second-order valence-electron chi connectivity index (χ2n) is 12.2. The number of likely N-dealkylation sites (tertiary alicyclic amines) is 1. The SMILES string of the molecule is C=CCCOC(=O)[C@H]1[C@H]2C(=O)N([C@@H](CO)Cc3ccccc3)C(C(=O)N(CC=C)C(C)(C)C)C23CC[C@]1(C)O3. The quantitative estimate of drug-likeness (QED) is 0.264. The molecule has 0 aliphatic carbocycles. The Morgan fingerprint density at radius 3 is 2.51 bits per heavy atom. The molecule has 212 valence electrons. The Morgan fingerprint density at radius 1 is 1.23 bits per heavy atom. The first-order valence-electron chi connectivity index (χ1n) is 13.8. The maximum atomic E-state index is 14.5. The van der Waals surface area contributed by atoms with E-state index in [0.29, 0.717) is 25.7 Å². The Hall–Kier alpha value is -2.97. The van der Waals surface area contributed by atoms with Gasteiger partial charge in [0.2, 0.25) is 11.8 Å². The zero-order valence-electron chi connectivity index (χ0n) is 23.6. The number of rotatable bonds is 11. The van der Waals surface area contributed by atoms with Crippen molar-refractivity contribution < 1.29 is 29.0 Å². The van der Waals surface area contributed by atoms with Gasteiger partial charge in [-0.25, -0.2) is 0 Å². The molecule has 2 amide bonds. The van der Waals surface area contributed by atoms with Gasteiger partial charge >= 0.3 is 5.97 Å². The Morgan fingerprint density at radius 2 is 1.92 bits per heavy atom. The smallest absolute Gasteiger partial charge is 0.312 e. The molecule has 0 aromatic heterocycles. The van der Waals surface area contributed by atoms with Crippen LogP contribution in [0.25, 0.3) is 0 Å². The van der Waals surface area contributed by atoms with Gasteiger partial charge in [0.15, 0.2) is 0 Å². The van der Waals surface area contributed by atoms with Gasteiger partial charge in [-0.1, -0.05) is 42.5 Å². The largest absolute Gasteiger partial charge is 0.465 e. The summed E-state index contributed by atoms with van der Waals surface area (Å²) in [6.07, 6.45) is 5.17. The molecule has 39 heavy (non-hydrogen) atoms. The van der Waals surface area contributed by atoms with Gasteiger partial charge in [0.05, 0.1) is 30.8 Å². The van der Waals surface area contributed by atoms with Crippen LogP contribution in [0.3, 0.4) is 0 Å². The van der Waals surface area contributed by atoms with Crippen molar-refractivity contribution in [3.05, 3.63) is 61.2 Å². The Labute approximate surface area is 231 Å². The lowest BCUT2D eigenvalue weighted by Gasteiger charge is -2.43. The summed E-state index contributed by atoms with van der Waals surface area (Å²) in [6.45, 7) is 15.3. The summed E-state index contributed by atoms with van der Waals surface area (Å²) in [5.41, 5.74) is -1.75.